The van der Waals surface area contributed by atoms with Gasteiger partial charge < -0.3 is 15.6 Å². The van der Waals surface area contributed by atoms with E-state index in [-0.39, 0.29) is 11.8 Å². The van der Waals surface area contributed by atoms with Crippen LogP contribution in [-0.4, -0.2) is 17.1 Å². The number of aromatic nitrogens is 1. The third-order valence-electron chi connectivity index (χ3n) is 5.29. The van der Waals surface area contributed by atoms with Crippen LogP contribution in [-0.2, 0) is 11.2 Å². The van der Waals surface area contributed by atoms with Crippen LogP contribution in [0.15, 0.2) is 4.52 Å². The molecule has 5 heteroatoms. The Kier molecular flexibility index (Phi) is 4.02. The van der Waals surface area contributed by atoms with Gasteiger partial charge in [-0.25, -0.2) is 0 Å². The molecule has 2 bridgehead atoms. The second kappa shape index (κ2) is 5.79. The molecule has 2 aliphatic rings. The number of carbonyl (C=O) groups excluding carboxylic acids is 1. The van der Waals surface area contributed by atoms with E-state index >= 15 is 0 Å². The van der Waals surface area contributed by atoms with Gasteiger partial charge in [0.2, 0.25) is 5.91 Å². The van der Waals surface area contributed by atoms with Crippen LogP contribution < -0.4 is 11.1 Å². The number of anilines is 1. The Labute approximate surface area is 125 Å². The molecule has 1 heterocycles. The maximum Gasteiger partial charge on any atom is 0.227 e. The molecule has 3 N–H and O–H groups in total. The van der Waals surface area contributed by atoms with Crippen molar-refractivity contribution in [3.8, 4) is 0 Å². The Morgan fingerprint density at radius 3 is 2.67 bits per heavy atom. The Bertz CT molecular complexity index is 512. The molecule has 0 radical (unpaired) electrons. The van der Waals surface area contributed by atoms with E-state index < -0.39 is 0 Å². The average Bonchev–Trinajstić information content (AvgIpc) is 2.79. The predicted molar refractivity (Wildman–Crippen MR) is 80.8 cm³/mol. The summed E-state index contributed by atoms with van der Waals surface area (Å²) in [4.78, 5) is 12.6. The molecule has 2 fully saturated rings. The minimum atomic E-state index is 0.0825. The monoisotopic (exact) mass is 291 g/mol. The third kappa shape index (κ3) is 2.71. The minimum Gasteiger partial charge on any atom is -0.359 e. The van der Waals surface area contributed by atoms with Gasteiger partial charge in [-0.2, -0.15) is 0 Å². The molecule has 1 aromatic rings. The Morgan fingerprint density at radius 2 is 2.05 bits per heavy atom. The summed E-state index contributed by atoms with van der Waals surface area (Å²) in [5, 5.41) is 6.99. The predicted octanol–water partition coefficient (Wildman–Crippen LogP) is 2.64. The first-order valence-electron chi connectivity index (χ1n) is 8.11. The maximum absolute atomic E-state index is 12.6. The lowest BCUT2D eigenvalue weighted by Gasteiger charge is -2.43. The van der Waals surface area contributed by atoms with Crippen LogP contribution in [0.4, 0.5) is 5.69 Å². The van der Waals surface area contributed by atoms with Gasteiger partial charge in [-0.05, 0) is 44.4 Å². The lowest BCUT2D eigenvalue weighted by Crippen LogP contribution is -2.48. The highest BCUT2D eigenvalue weighted by Gasteiger charge is 2.40. The fourth-order valence-corrected chi connectivity index (χ4v) is 4.05. The largest absolute Gasteiger partial charge is 0.359 e. The number of carbonyl (C=O) groups is 1. The van der Waals surface area contributed by atoms with Crippen molar-refractivity contribution in [2.45, 2.75) is 58.4 Å². The molecule has 0 aliphatic heterocycles. The van der Waals surface area contributed by atoms with E-state index in [1.165, 1.54) is 19.3 Å². The number of hydrogen-bond acceptors (Lipinski definition) is 4. The third-order valence-corrected chi connectivity index (χ3v) is 5.29. The molecule has 1 aromatic heterocycles. The summed E-state index contributed by atoms with van der Waals surface area (Å²) in [6.45, 7) is 3.86. The highest BCUT2D eigenvalue weighted by Crippen LogP contribution is 2.42. The minimum absolute atomic E-state index is 0.0825. The van der Waals surface area contributed by atoms with Gasteiger partial charge in [0, 0.05) is 18.4 Å². The van der Waals surface area contributed by atoms with Gasteiger partial charge in [0.15, 0.2) is 5.76 Å². The zero-order chi connectivity index (χ0) is 15.0. The molecule has 2 unspecified atom stereocenters. The number of nitrogens with two attached hydrogens (primary N) is 1. The van der Waals surface area contributed by atoms with Crippen LogP contribution in [0, 0.1) is 24.7 Å². The van der Waals surface area contributed by atoms with Crippen LogP contribution in [0.2, 0.25) is 0 Å². The molecule has 2 saturated carbocycles. The molecule has 0 saturated heterocycles. The molecule has 5 nitrogen and oxygen atoms in total. The van der Waals surface area contributed by atoms with Gasteiger partial charge in [0.25, 0.3) is 0 Å². The standard InChI is InChI=1S/C16H25N3O2/c1-3-13-15(9(2)19-21-13)18-16(20)12-7-10-5-4-6-11(8-12)14(10)17/h10-12,14H,3-8,17H2,1-2H3,(H,18,20). The average molecular weight is 291 g/mol. The summed E-state index contributed by atoms with van der Waals surface area (Å²) in [5.41, 5.74) is 7.82. The van der Waals surface area contributed by atoms with Gasteiger partial charge in [-0.3, -0.25) is 4.79 Å². The van der Waals surface area contributed by atoms with Crippen molar-refractivity contribution in [2.24, 2.45) is 23.5 Å². The summed E-state index contributed by atoms with van der Waals surface area (Å²) in [5.74, 6) is 1.98. The topological polar surface area (TPSA) is 81.2 Å². The summed E-state index contributed by atoms with van der Waals surface area (Å²) in [6, 6.07) is 0.298. The van der Waals surface area contributed by atoms with Crippen molar-refractivity contribution in [3.63, 3.8) is 0 Å². The van der Waals surface area contributed by atoms with E-state index in [0.29, 0.717) is 17.9 Å². The number of rotatable bonds is 3. The fourth-order valence-electron chi connectivity index (χ4n) is 4.05. The van der Waals surface area contributed by atoms with Crippen LogP contribution in [0.5, 0.6) is 0 Å². The highest BCUT2D eigenvalue weighted by molar-refractivity contribution is 5.93. The van der Waals surface area contributed by atoms with Gasteiger partial charge >= 0.3 is 0 Å². The molecule has 1 amide bonds. The number of fused-ring (bicyclic) bond motifs is 2. The molecule has 0 spiro atoms. The quantitative estimate of drug-likeness (QED) is 0.897. The Hall–Kier alpha value is -1.36. The van der Waals surface area contributed by atoms with Crippen LogP contribution in [0.1, 0.15) is 50.5 Å². The van der Waals surface area contributed by atoms with E-state index in [2.05, 4.69) is 10.5 Å². The summed E-state index contributed by atoms with van der Waals surface area (Å²) in [6.07, 6.45) is 6.20. The van der Waals surface area contributed by atoms with Crippen molar-refractivity contribution >= 4 is 11.6 Å². The molecule has 0 aromatic carbocycles. The van der Waals surface area contributed by atoms with E-state index in [1.54, 1.807) is 0 Å². The zero-order valence-electron chi connectivity index (χ0n) is 12.9. The lowest BCUT2D eigenvalue weighted by molar-refractivity contribution is -0.122. The summed E-state index contributed by atoms with van der Waals surface area (Å²) >= 11 is 0. The van der Waals surface area contributed by atoms with Gasteiger partial charge in [-0.1, -0.05) is 18.5 Å². The molecule has 2 aliphatic carbocycles. The summed E-state index contributed by atoms with van der Waals surface area (Å²) < 4.78 is 5.24. The number of amides is 1. The van der Waals surface area contributed by atoms with Crippen molar-refractivity contribution in [2.75, 3.05) is 5.32 Å². The second-order valence-corrected chi connectivity index (χ2v) is 6.61. The van der Waals surface area contributed by atoms with E-state index in [0.717, 1.165) is 36.4 Å². The van der Waals surface area contributed by atoms with Crippen molar-refractivity contribution in [1.29, 1.82) is 0 Å². The molecule has 2 atom stereocenters. The number of nitrogens with one attached hydrogen (secondary N) is 1. The lowest BCUT2D eigenvalue weighted by atomic mass is 9.65. The van der Waals surface area contributed by atoms with E-state index in [1.807, 2.05) is 13.8 Å². The zero-order valence-corrected chi connectivity index (χ0v) is 12.9. The van der Waals surface area contributed by atoms with Gasteiger partial charge in [0.05, 0.1) is 0 Å². The van der Waals surface area contributed by atoms with Crippen LogP contribution in [0.25, 0.3) is 0 Å². The fraction of sp³-hybridized carbons (Fsp3) is 0.750. The first-order valence-corrected chi connectivity index (χ1v) is 8.11. The number of nitrogens with zero attached hydrogens (tertiary/aromatic N) is 1. The highest BCUT2D eigenvalue weighted by atomic mass is 16.5. The normalized spacial score (nSPS) is 32.0. The van der Waals surface area contributed by atoms with Crippen LogP contribution >= 0.6 is 0 Å². The molecule has 116 valence electrons. The number of hydrogen-bond donors (Lipinski definition) is 2. The van der Waals surface area contributed by atoms with Crippen molar-refractivity contribution in [3.05, 3.63) is 11.5 Å². The van der Waals surface area contributed by atoms with Crippen LogP contribution in [0.3, 0.4) is 0 Å². The van der Waals surface area contributed by atoms with Crippen molar-refractivity contribution in [1.82, 2.24) is 5.16 Å². The molecular weight excluding hydrogens is 266 g/mol. The molecule has 21 heavy (non-hydrogen) atoms. The van der Waals surface area contributed by atoms with Gasteiger partial charge in [-0.15, -0.1) is 0 Å². The summed E-state index contributed by atoms with van der Waals surface area (Å²) in [7, 11) is 0. The molecular formula is C16H25N3O2. The first-order chi connectivity index (χ1) is 10.1. The SMILES string of the molecule is CCc1onc(C)c1NC(=O)C1CC2CCCC(C1)C2N. The smallest absolute Gasteiger partial charge is 0.227 e. The first kappa shape index (κ1) is 14.6. The van der Waals surface area contributed by atoms with Gasteiger partial charge in [0.1, 0.15) is 11.4 Å². The van der Waals surface area contributed by atoms with Crippen molar-refractivity contribution < 1.29 is 9.32 Å². The maximum atomic E-state index is 12.6. The van der Waals surface area contributed by atoms with E-state index in [4.69, 9.17) is 10.3 Å². The number of aryl methyl sites for hydroxylation is 2. The molecule has 3 rings (SSSR count). The van der Waals surface area contributed by atoms with E-state index in [9.17, 15) is 4.79 Å². The second-order valence-electron chi connectivity index (χ2n) is 6.61. The Balaban J connectivity index is 1.70. The Morgan fingerprint density at radius 1 is 1.38 bits per heavy atom.